The van der Waals surface area contributed by atoms with Crippen molar-refractivity contribution < 1.29 is 8.42 Å². The first kappa shape index (κ1) is 19.7. The van der Waals surface area contributed by atoms with Crippen LogP contribution in [0.2, 0.25) is 0 Å². The summed E-state index contributed by atoms with van der Waals surface area (Å²) in [5.41, 5.74) is 2.81. The van der Waals surface area contributed by atoms with Gasteiger partial charge in [-0.2, -0.15) is 4.31 Å². The van der Waals surface area contributed by atoms with Gasteiger partial charge in [0.25, 0.3) is 0 Å². The van der Waals surface area contributed by atoms with E-state index >= 15 is 0 Å². The zero-order chi connectivity index (χ0) is 16.6. The normalized spacial score (nSPS) is 23.2. The average molecular weight is 374 g/mol. The van der Waals surface area contributed by atoms with Crippen molar-refractivity contribution in [3.05, 3.63) is 28.8 Å². The highest BCUT2D eigenvalue weighted by atomic mass is 35.5. The minimum atomic E-state index is -3.40. The van der Waals surface area contributed by atoms with E-state index in [-0.39, 0.29) is 12.4 Å². The van der Waals surface area contributed by atoms with Gasteiger partial charge in [-0.3, -0.25) is 4.90 Å². The van der Waals surface area contributed by atoms with Gasteiger partial charge in [0.2, 0.25) is 10.0 Å². The molecule has 1 atom stereocenters. The van der Waals surface area contributed by atoms with Gasteiger partial charge >= 0.3 is 0 Å². The molecule has 24 heavy (non-hydrogen) atoms. The standard InChI is InChI=1S/C17H27N3O2S.ClH/c1-13-10-14(2)17(15(3)11-13)23(21,22)20-8-6-19(7-9-20)16-4-5-18-12-16;/h10-11,16,18H,4-9,12H2,1-3H3;1H. The van der Waals surface area contributed by atoms with E-state index in [1.807, 2.05) is 32.9 Å². The lowest BCUT2D eigenvalue weighted by Gasteiger charge is -2.37. The summed E-state index contributed by atoms with van der Waals surface area (Å²) in [7, 11) is -3.40. The van der Waals surface area contributed by atoms with Crippen LogP contribution in [0.15, 0.2) is 17.0 Å². The van der Waals surface area contributed by atoms with E-state index in [9.17, 15) is 8.42 Å². The number of piperazine rings is 1. The van der Waals surface area contributed by atoms with Gasteiger partial charge in [0, 0.05) is 38.8 Å². The minimum Gasteiger partial charge on any atom is -0.315 e. The molecule has 2 fully saturated rings. The summed E-state index contributed by atoms with van der Waals surface area (Å²) in [6.07, 6.45) is 1.17. The Morgan fingerprint density at radius 1 is 1.04 bits per heavy atom. The van der Waals surface area contributed by atoms with Crippen LogP contribution >= 0.6 is 12.4 Å². The Balaban J connectivity index is 0.00000208. The molecule has 0 radical (unpaired) electrons. The van der Waals surface area contributed by atoms with E-state index in [2.05, 4.69) is 10.2 Å². The molecule has 0 spiro atoms. The lowest BCUT2D eigenvalue weighted by Crippen LogP contribution is -2.52. The molecule has 2 aliphatic heterocycles. The zero-order valence-electron chi connectivity index (χ0n) is 14.7. The number of sulfonamides is 1. The number of rotatable bonds is 3. The molecule has 0 saturated carbocycles. The number of halogens is 1. The number of nitrogens with one attached hydrogen (secondary N) is 1. The van der Waals surface area contributed by atoms with Gasteiger partial charge in [-0.1, -0.05) is 17.7 Å². The zero-order valence-corrected chi connectivity index (χ0v) is 16.3. The maximum absolute atomic E-state index is 13.1. The minimum absolute atomic E-state index is 0. The summed E-state index contributed by atoms with van der Waals surface area (Å²) < 4.78 is 27.8. The van der Waals surface area contributed by atoms with Crippen LogP contribution in [0.4, 0.5) is 0 Å². The van der Waals surface area contributed by atoms with Crippen LogP contribution in [0.5, 0.6) is 0 Å². The van der Waals surface area contributed by atoms with Crippen LogP contribution in [-0.2, 0) is 10.0 Å². The van der Waals surface area contributed by atoms with Crippen LogP contribution in [0, 0.1) is 20.8 Å². The van der Waals surface area contributed by atoms with Crippen molar-refractivity contribution >= 4 is 22.4 Å². The van der Waals surface area contributed by atoms with E-state index in [0.29, 0.717) is 24.0 Å². The molecule has 5 nitrogen and oxygen atoms in total. The molecule has 0 aromatic heterocycles. The van der Waals surface area contributed by atoms with Gasteiger partial charge < -0.3 is 5.32 Å². The van der Waals surface area contributed by atoms with Crippen LogP contribution in [-0.4, -0.2) is 62.9 Å². The average Bonchev–Trinajstić information content (AvgIpc) is 3.00. The molecule has 1 N–H and O–H groups in total. The van der Waals surface area contributed by atoms with Crippen molar-refractivity contribution in [3.8, 4) is 0 Å². The first-order valence-corrected chi connectivity index (χ1v) is 9.86. The highest BCUT2D eigenvalue weighted by Gasteiger charge is 2.33. The highest BCUT2D eigenvalue weighted by Crippen LogP contribution is 2.26. The Labute approximate surface area is 151 Å². The molecule has 1 aromatic rings. The number of hydrogen-bond donors (Lipinski definition) is 1. The molecule has 0 aliphatic carbocycles. The summed E-state index contributed by atoms with van der Waals surface area (Å²) in [6, 6.07) is 4.49. The summed E-state index contributed by atoms with van der Waals surface area (Å²) in [5.74, 6) is 0. The molecule has 2 saturated heterocycles. The second kappa shape index (κ2) is 7.70. The Bertz CT molecular complexity index is 656. The van der Waals surface area contributed by atoms with Crippen molar-refractivity contribution in [3.63, 3.8) is 0 Å². The topological polar surface area (TPSA) is 52.7 Å². The second-order valence-corrected chi connectivity index (χ2v) is 8.69. The van der Waals surface area contributed by atoms with Gasteiger partial charge in [0.1, 0.15) is 0 Å². The molecule has 0 amide bonds. The fourth-order valence-electron chi connectivity index (χ4n) is 3.96. The van der Waals surface area contributed by atoms with E-state index in [1.165, 1.54) is 6.42 Å². The summed E-state index contributed by atoms with van der Waals surface area (Å²) >= 11 is 0. The van der Waals surface area contributed by atoms with Gasteiger partial charge in [-0.25, -0.2) is 8.42 Å². The predicted molar refractivity (Wildman–Crippen MR) is 99.5 cm³/mol. The molecule has 3 rings (SSSR count). The van der Waals surface area contributed by atoms with Gasteiger partial charge in [-0.15, -0.1) is 12.4 Å². The largest absolute Gasteiger partial charge is 0.315 e. The van der Waals surface area contributed by atoms with Gasteiger partial charge in [0.15, 0.2) is 0 Å². The van der Waals surface area contributed by atoms with Crippen LogP contribution in [0.3, 0.4) is 0 Å². The SMILES string of the molecule is Cc1cc(C)c(S(=O)(=O)N2CCN(C3CCNC3)CC2)c(C)c1.Cl. The predicted octanol–water partition coefficient (Wildman–Crippen LogP) is 1.70. The smallest absolute Gasteiger partial charge is 0.243 e. The molecule has 0 bridgehead atoms. The van der Waals surface area contributed by atoms with Gasteiger partial charge in [0.05, 0.1) is 4.90 Å². The van der Waals surface area contributed by atoms with Crippen LogP contribution < -0.4 is 5.32 Å². The van der Waals surface area contributed by atoms with E-state index in [0.717, 1.165) is 42.9 Å². The Hall–Kier alpha value is -0.660. The van der Waals surface area contributed by atoms with E-state index in [1.54, 1.807) is 4.31 Å². The highest BCUT2D eigenvalue weighted by molar-refractivity contribution is 7.89. The first-order chi connectivity index (χ1) is 10.9. The van der Waals surface area contributed by atoms with E-state index < -0.39 is 10.0 Å². The molecule has 7 heteroatoms. The summed E-state index contributed by atoms with van der Waals surface area (Å²) in [5, 5.41) is 3.38. The number of benzene rings is 1. The molecular formula is C17H28ClN3O2S. The fourth-order valence-corrected chi connectivity index (χ4v) is 5.80. The van der Waals surface area contributed by atoms with Crippen molar-refractivity contribution in [2.75, 3.05) is 39.3 Å². The molecule has 1 aromatic carbocycles. The Morgan fingerprint density at radius 3 is 2.12 bits per heavy atom. The maximum Gasteiger partial charge on any atom is 0.243 e. The third-order valence-corrected chi connectivity index (χ3v) is 7.23. The summed E-state index contributed by atoms with van der Waals surface area (Å²) in [4.78, 5) is 2.93. The number of aryl methyl sites for hydroxylation is 3. The lowest BCUT2D eigenvalue weighted by molar-refractivity contribution is 0.145. The lowest BCUT2D eigenvalue weighted by atomic mass is 10.1. The van der Waals surface area contributed by atoms with Crippen LogP contribution in [0.25, 0.3) is 0 Å². The first-order valence-electron chi connectivity index (χ1n) is 8.42. The van der Waals surface area contributed by atoms with Crippen LogP contribution in [0.1, 0.15) is 23.1 Å². The second-order valence-electron chi connectivity index (χ2n) is 6.81. The molecular weight excluding hydrogens is 346 g/mol. The van der Waals surface area contributed by atoms with Crippen molar-refractivity contribution in [1.82, 2.24) is 14.5 Å². The fraction of sp³-hybridized carbons (Fsp3) is 0.647. The van der Waals surface area contributed by atoms with Crippen molar-refractivity contribution in [2.24, 2.45) is 0 Å². The van der Waals surface area contributed by atoms with Crippen molar-refractivity contribution in [1.29, 1.82) is 0 Å². The number of hydrogen-bond acceptors (Lipinski definition) is 4. The Morgan fingerprint density at radius 2 is 1.62 bits per heavy atom. The number of nitrogens with zero attached hydrogens (tertiary/aromatic N) is 2. The maximum atomic E-state index is 13.1. The monoisotopic (exact) mass is 373 g/mol. The van der Waals surface area contributed by atoms with Gasteiger partial charge in [-0.05, 0) is 44.9 Å². The van der Waals surface area contributed by atoms with Crippen molar-refractivity contribution in [2.45, 2.75) is 38.1 Å². The molecule has 136 valence electrons. The summed E-state index contributed by atoms with van der Waals surface area (Å²) in [6.45, 7) is 10.7. The third-order valence-electron chi connectivity index (χ3n) is 5.03. The molecule has 2 aliphatic rings. The van der Waals surface area contributed by atoms with E-state index in [4.69, 9.17) is 0 Å². The Kier molecular flexibility index (Phi) is 6.31. The molecule has 1 unspecified atom stereocenters. The molecule has 2 heterocycles. The third kappa shape index (κ3) is 3.78. The quantitative estimate of drug-likeness (QED) is 0.876.